The van der Waals surface area contributed by atoms with Crippen LogP contribution in [0.1, 0.15) is 17.5 Å². The van der Waals surface area contributed by atoms with Gasteiger partial charge >= 0.3 is 0 Å². The molecule has 106 valence electrons. The molecule has 0 radical (unpaired) electrons. The van der Waals surface area contributed by atoms with E-state index in [-0.39, 0.29) is 0 Å². The molecule has 0 aliphatic heterocycles. The van der Waals surface area contributed by atoms with Gasteiger partial charge in [0.25, 0.3) is 0 Å². The van der Waals surface area contributed by atoms with Gasteiger partial charge in [0.2, 0.25) is 0 Å². The van der Waals surface area contributed by atoms with Crippen LogP contribution in [0.5, 0.6) is 0 Å². The zero-order valence-corrected chi connectivity index (χ0v) is 12.3. The van der Waals surface area contributed by atoms with Crippen molar-refractivity contribution in [2.24, 2.45) is 0 Å². The van der Waals surface area contributed by atoms with Crippen molar-refractivity contribution in [1.29, 1.82) is 0 Å². The van der Waals surface area contributed by atoms with Gasteiger partial charge in [-0.1, -0.05) is 30.3 Å². The normalized spacial score (nSPS) is 10.8. The average Bonchev–Trinajstić information content (AvgIpc) is 2.45. The average molecular weight is 269 g/mol. The molecule has 3 heteroatoms. The first-order valence-electron chi connectivity index (χ1n) is 7.13. The summed E-state index contributed by atoms with van der Waals surface area (Å²) in [6.07, 6.45) is 2.96. The van der Waals surface area contributed by atoms with Crippen molar-refractivity contribution < 1.29 is 0 Å². The molecule has 0 fully saturated rings. The molecule has 0 aliphatic rings. The zero-order valence-electron chi connectivity index (χ0n) is 12.3. The molecule has 0 spiro atoms. The Morgan fingerprint density at radius 3 is 2.70 bits per heavy atom. The summed E-state index contributed by atoms with van der Waals surface area (Å²) in [5.41, 5.74) is 2.60. The molecule has 0 aliphatic carbocycles. The standard InChI is InChI=1S/C17H23N3/c1-15-9-11-19-17(13-15)18-10-6-12-20(2)14-16-7-4-3-5-8-16/h3-5,7-9,11,13H,6,10,12,14H2,1-2H3,(H,18,19). The first-order valence-corrected chi connectivity index (χ1v) is 7.13. The highest BCUT2D eigenvalue weighted by Gasteiger charge is 2.00. The van der Waals surface area contributed by atoms with E-state index in [9.17, 15) is 0 Å². The van der Waals surface area contributed by atoms with E-state index in [0.29, 0.717) is 0 Å². The van der Waals surface area contributed by atoms with Crippen LogP contribution in [0.15, 0.2) is 48.7 Å². The molecule has 2 aromatic rings. The third-order valence-electron chi connectivity index (χ3n) is 3.23. The van der Waals surface area contributed by atoms with Gasteiger partial charge in [0.15, 0.2) is 0 Å². The van der Waals surface area contributed by atoms with E-state index >= 15 is 0 Å². The summed E-state index contributed by atoms with van der Waals surface area (Å²) in [5.74, 6) is 0.968. The maximum absolute atomic E-state index is 4.30. The molecule has 3 nitrogen and oxygen atoms in total. The van der Waals surface area contributed by atoms with Crippen LogP contribution in [0.3, 0.4) is 0 Å². The molecule has 1 heterocycles. The number of anilines is 1. The molecule has 20 heavy (non-hydrogen) atoms. The maximum Gasteiger partial charge on any atom is 0.126 e. The fourth-order valence-corrected chi connectivity index (χ4v) is 2.17. The summed E-state index contributed by atoms with van der Waals surface area (Å²) < 4.78 is 0. The fourth-order valence-electron chi connectivity index (χ4n) is 2.17. The van der Waals surface area contributed by atoms with Crippen LogP contribution in [0.2, 0.25) is 0 Å². The van der Waals surface area contributed by atoms with Crippen molar-refractivity contribution in [2.45, 2.75) is 19.9 Å². The summed E-state index contributed by atoms with van der Waals surface area (Å²) >= 11 is 0. The number of aromatic nitrogens is 1. The minimum atomic E-state index is 0.954. The summed E-state index contributed by atoms with van der Waals surface area (Å²) in [4.78, 5) is 6.65. The van der Waals surface area contributed by atoms with Crippen molar-refractivity contribution in [3.05, 3.63) is 59.8 Å². The van der Waals surface area contributed by atoms with Gasteiger partial charge in [0, 0.05) is 19.3 Å². The topological polar surface area (TPSA) is 28.2 Å². The Morgan fingerprint density at radius 1 is 1.15 bits per heavy atom. The highest BCUT2D eigenvalue weighted by molar-refractivity contribution is 5.36. The Bertz CT molecular complexity index is 511. The van der Waals surface area contributed by atoms with E-state index in [1.807, 2.05) is 12.3 Å². The van der Waals surface area contributed by atoms with Crippen LogP contribution >= 0.6 is 0 Å². The number of hydrogen-bond donors (Lipinski definition) is 1. The van der Waals surface area contributed by atoms with Gasteiger partial charge in [-0.3, -0.25) is 0 Å². The lowest BCUT2D eigenvalue weighted by Crippen LogP contribution is -2.21. The van der Waals surface area contributed by atoms with E-state index in [4.69, 9.17) is 0 Å². The van der Waals surface area contributed by atoms with Crippen LogP contribution in [0.4, 0.5) is 5.82 Å². The SMILES string of the molecule is Cc1ccnc(NCCCN(C)Cc2ccccc2)c1. The summed E-state index contributed by atoms with van der Waals surface area (Å²) in [6, 6.07) is 14.7. The number of pyridine rings is 1. The number of benzene rings is 1. The first kappa shape index (κ1) is 14.5. The molecule has 1 aromatic heterocycles. The van der Waals surface area contributed by atoms with Crippen molar-refractivity contribution >= 4 is 5.82 Å². The zero-order chi connectivity index (χ0) is 14.2. The minimum Gasteiger partial charge on any atom is -0.370 e. The van der Waals surface area contributed by atoms with E-state index < -0.39 is 0 Å². The number of nitrogens with zero attached hydrogens (tertiary/aromatic N) is 2. The van der Waals surface area contributed by atoms with E-state index in [0.717, 1.165) is 31.9 Å². The lowest BCUT2D eigenvalue weighted by Gasteiger charge is -2.16. The van der Waals surface area contributed by atoms with E-state index in [1.165, 1.54) is 11.1 Å². The van der Waals surface area contributed by atoms with Crippen LogP contribution < -0.4 is 5.32 Å². The Balaban J connectivity index is 1.66. The predicted molar refractivity (Wildman–Crippen MR) is 84.9 cm³/mol. The molecule has 0 atom stereocenters. The van der Waals surface area contributed by atoms with Gasteiger partial charge in [0.05, 0.1) is 0 Å². The molecule has 0 saturated carbocycles. The number of nitrogens with one attached hydrogen (secondary N) is 1. The minimum absolute atomic E-state index is 0.954. The highest BCUT2D eigenvalue weighted by atomic mass is 15.1. The smallest absolute Gasteiger partial charge is 0.126 e. The predicted octanol–water partition coefficient (Wildman–Crippen LogP) is 3.32. The second kappa shape index (κ2) is 7.65. The second-order valence-corrected chi connectivity index (χ2v) is 5.22. The van der Waals surface area contributed by atoms with Crippen LogP contribution in [0, 0.1) is 6.92 Å². The first-order chi connectivity index (χ1) is 9.74. The second-order valence-electron chi connectivity index (χ2n) is 5.22. The quantitative estimate of drug-likeness (QED) is 0.782. The lowest BCUT2D eigenvalue weighted by molar-refractivity contribution is 0.325. The molecule has 1 aromatic carbocycles. The Kier molecular flexibility index (Phi) is 5.56. The Morgan fingerprint density at radius 2 is 1.95 bits per heavy atom. The van der Waals surface area contributed by atoms with Crippen molar-refractivity contribution in [3.8, 4) is 0 Å². The fraction of sp³-hybridized carbons (Fsp3) is 0.353. The lowest BCUT2D eigenvalue weighted by atomic mass is 10.2. The Hall–Kier alpha value is -1.87. The maximum atomic E-state index is 4.30. The Labute approximate surface area is 121 Å². The molecular weight excluding hydrogens is 246 g/mol. The van der Waals surface area contributed by atoms with Crippen molar-refractivity contribution in [3.63, 3.8) is 0 Å². The van der Waals surface area contributed by atoms with Gasteiger partial charge in [-0.25, -0.2) is 4.98 Å². The molecule has 1 N–H and O–H groups in total. The number of hydrogen-bond acceptors (Lipinski definition) is 3. The van der Waals surface area contributed by atoms with E-state index in [2.05, 4.69) is 65.6 Å². The monoisotopic (exact) mass is 269 g/mol. The number of rotatable bonds is 7. The molecule has 0 unspecified atom stereocenters. The third-order valence-corrected chi connectivity index (χ3v) is 3.23. The summed E-state index contributed by atoms with van der Waals surface area (Å²) in [6.45, 7) is 5.12. The van der Waals surface area contributed by atoms with Crippen LogP contribution in [-0.2, 0) is 6.54 Å². The third kappa shape index (κ3) is 5.02. The van der Waals surface area contributed by atoms with Gasteiger partial charge in [-0.2, -0.15) is 0 Å². The van der Waals surface area contributed by atoms with Crippen LogP contribution in [0.25, 0.3) is 0 Å². The van der Waals surface area contributed by atoms with Crippen molar-refractivity contribution in [1.82, 2.24) is 9.88 Å². The molecule has 0 bridgehead atoms. The van der Waals surface area contributed by atoms with Gasteiger partial charge in [-0.15, -0.1) is 0 Å². The van der Waals surface area contributed by atoms with Gasteiger partial charge in [-0.05, 0) is 50.2 Å². The van der Waals surface area contributed by atoms with Crippen molar-refractivity contribution in [2.75, 3.05) is 25.5 Å². The number of aryl methyl sites for hydroxylation is 1. The van der Waals surface area contributed by atoms with Gasteiger partial charge in [0.1, 0.15) is 5.82 Å². The van der Waals surface area contributed by atoms with E-state index in [1.54, 1.807) is 0 Å². The molecule has 0 saturated heterocycles. The largest absolute Gasteiger partial charge is 0.370 e. The molecule has 0 amide bonds. The summed E-state index contributed by atoms with van der Waals surface area (Å²) in [7, 11) is 2.16. The van der Waals surface area contributed by atoms with Crippen LogP contribution in [-0.4, -0.2) is 30.0 Å². The molecule has 2 rings (SSSR count). The van der Waals surface area contributed by atoms with Gasteiger partial charge < -0.3 is 10.2 Å². The summed E-state index contributed by atoms with van der Waals surface area (Å²) in [5, 5.41) is 3.37. The molecular formula is C17H23N3. The highest BCUT2D eigenvalue weighted by Crippen LogP contribution is 2.06.